The number of fused-ring (bicyclic) bond motifs is 1. The van der Waals surface area contributed by atoms with E-state index in [-0.39, 0.29) is 17.1 Å². The average molecular weight is 493 g/mol. The number of carbonyl (C=O) groups excluding carboxylic acids is 1. The van der Waals surface area contributed by atoms with Gasteiger partial charge in [0.1, 0.15) is 11.6 Å². The van der Waals surface area contributed by atoms with Crippen molar-refractivity contribution in [3.8, 4) is 6.07 Å². The van der Waals surface area contributed by atoms with Gasteiger partial charge in [0, 0.05) is 44.0 Å². The number of carbonyl (C=O) groups is 1. The molecule has 1 heterocycles. The Balaban J connectivity index is 1.60. The first-order valence-corrected chi connectivity index (χ1v) is 12.7. The summed E-state index contributed by atoms with van der Waals surface area (Å²) in [5.74, 6) is -0.377. The monoisotopic (exact) mass is 492 g/mol. The van der Waals surface area contributed by atoms with Crippen molar-refractivity contribution in [2.24, 2.45) is 0 Å². The second kappa shape index (κ2) is 12.4. The summed E-state index contributed by atoms with van der Waals surface area (Å²) in [4.78, 5) is 15.2. The Kier molecular flexibility index (Phi) is 9.49. The molecule has 2 N–H and O–H groups in total. The Morgan fingerprint density at radius 2 is 1.81 bits per heavy atom. The number of rotatable bonds is 10. The number of nitrogens with zero attached hydrogens (tertiary/aromatic N) is 2. The Hall–Kier alpha value is -2.92. The van der Waals surface area contributed by atoms with Crippen LogP contribution in [0.25, 0.3) is 16.8 Å². The van der Waals surface area contributed by atoms with Gasteiger partial charge in [0.05, 0.1) is 18.8 Å². The molecule has 0 radical (unpaired) electrons. The molecule has 36 heavy (non-hydrogen) atoms. The highest BCUT2D eigenvalue weighted by molar-refractivity contribution is 6.02. The number of morpholine rings is 1. The van der Waals surface area contributed by atoms with Crippen LogP contribution in [0.3, 0.4) is 0 Å². The molecule has 0 bridgehead atoms. The summed E-state index contributed by atoms with van der Waals surface area (Å²) in [6, 6.07) is 14.3. The van der Waals surface area contributed by atoms with E-state index in [4.69, 9.17) is 9.47 Å². The Labute approximate surface area is 215 Å². The number of nitriles is 1. The van der Waals surface area contributed by atoms with Crippen molar-refractivity contribution >= 4 is 28.4 Å². The van der Waals surface area contributed by atoms with Gasteiger partial charge in [0.15, 0.2) is 0 Å². The number of nitrogens with one attached hydrogen (secondary N) is 2. The van der Waals surface area contributed by atoms with Gasteiger partial charge >= 0.3 is 0 Å². The maximum Gasteiger partial charge on any atom is 0.262 e. The lowest BCUT2D eigenvalue weighted by molar-refractivity contribution is -0.118. The Morgan fingerprint density at radius 3 is 2.50 bits per heavy atom. The molecule has 1 aliphatic rings. The maximum absolute atomic E-state index is 12.8. The largest absolute Gasteiger partial charge is 0.384 e. The lowest BCUT2D eigenvalue weighted by Gasteiger charge is -2.28. The van der Waals surface area contributed by atoms with Crippen LogP contribution in [0.4, 0.5) is 5.69 Å². The highest BCUT2D eigenvalue weighted by atomic mass is 16.5. The molecule has 1 amide bonds. The van der Waals surface area contributed by atoms with Gasteiger partial charge in [-0.25, -0.2) is 0 Å². The fourth-order valence-corrected chi connectivity index (χ4v) is 4.01. The van der Waals surface area contributed by atoms with Crippen LogP contribution in [0.1, 0.15) is 46.6 Å². The molecule has 194 valence electrons. The molecule has 1 fully saturated rings. The van der Waals surface area contributed by atoms with Crippen molar-refractivity contribution in [2.75, 3.05) is 51.3 Å². The van der Waals surface area contributed by atoms with E-state index < -0.39 is 5.54 Å². The second-order valence-corrected chi connectivity index (χ2v) is 10.9. The highest BCUT2D eigenvalue weighted by Gasteiger charge is 2.23. The van der Waals surface area contributed by atoms with E-state index in [2.05, 4.69) is 39.8 Å². The van der Waals surface area contributed by atoms with Crippen molar-refractivity contribution in [1.82, 2.24) is 10.2 Å². The van der Waals surface area contributed by atoms with Gasteiger partial charge in [-0.2, -0.15) is 5.26 Å². The minimum Gasteiger partial charge on any atom is -0.384 e. The number of benzene rings is 2. The summed E-state index contributed by atoms with van der Waals surface area (Å²) in [7, 11) is 0. The zero-order chi connectivity index (χ0) is 26.2. The first-order chi connectivity index (χ1) is 17.0. The smallest absolute Gasteiger partial charge is 0.262 e. The van der Waals surface area contributed by atoms with Crippen LogP contribution in [-0.4, -0.2) is 67.9 Å². The molecular weight excluding hydrogens is 452 g/mol. The van der Waals surface area contributed by atoms with E-state index in [9.17, 15) is 10.1 Å². The Morgan fingerprint density at radius 1 is 1.11 bits per heavy atom. The quantitative estimate of drug-likeness (QED) is 0.373. The molecule has 0 saturated carbocycles. The van der Waals surface area contributed by atoms with E-state index in [1.54, 1.807) is 6.08 Å². The number of amides is 1. The zero-order valence-electron chi connectivity index (χ0n) is 22.3. The van der Waals surface area contributed by atoms with Crippen molar-refractivity contribution < 1.29 is 14.3 Å². The van der Waals surface area contributed by atoms with Gasteiger partial charge in [-0.3, -0.25) is 9.69 Å². The molecule has 0 spiro atoms. The number of hydrogen-bond donors (Lipinski definition) is 2. The summed E-state index contributed by atoms with van der Waals surface area (Å²) in [5, 5.41) is 18.3. The molecule has 0 aliphatic carbocycles. The van der Waals surface area contributed by atoms with Gasteiger partial charge in [-0.1, -0.05) is 18.2 Å². The average Bonchev–Trinajstić information content (AvgIpc) is 2.81. The van der Waals surface area contributed by atoms with Crippen LogP contribution in [-0.2, 0) is 14.3 Å². The molecule has 2 aromatic rings. The fraction of sp³-hybridized carbons (Fsp3) is 0.517. The zero-order valence-corrected chi connectivity index (χ0v) is 22.3. The first-order valence-electron chi connectivity index (χ1n) is 12.7. The lowest BCUT2D eigenvalue weighted by atomic mass is 9.99. The molecule has 7 heteroatoms. The summed E-state index contributed by atoms with van der Waals surface area (Å²) >= 11 is 0. The third kappa shape index (κ3) is 8.94. The third-order valence-corrected chi connectivity index (χ3v) is 6.12. The Bertz CT molecular complexity index is 1110. The van der Waals surface area contributed by atoms with E-state index in [1.807, 2.05) is 52.8 Å². The van der Waals surface area contributed by atoms with E-state index in [0.29, 0.717) is 13.0 Å². The minimum absolute atomic E-state index is 0.0839. The van der Waals surface area contributed by atoms with E-state index in [0.717, 1.165) is 61.4 Å². The second-order valence-electron chi connectivity index (χ2n) is 10.9. The molecule has 1 saturated heterocycles. The molecule has 7 nitrogen and oxygen atoms in total. The van der Waals surface area contributed by atoms with E-state index >= 15 is 0 Å². The first kappa shape index (κ1) is 27.7. The molecule has 0 unspecified atom stereocenters. The molecule has 0 atom stereocenters. The van der Waals surface area contributed by atoms with Gasteiger partial charge in [0.2, 0.25) is 0 Å². The van der Waals surface area contributed by atoms with Gasteiger partial charge in [-0.15, -0.1) is 0 Å². The fourth-order valence-electron chi connectivity index (χ4n) is 4.01. The molecule has 0 aromatic heterocycles. The SMILES string of the molecule is CC(C)(CCOC(C)(C)C)NC(=O)C(C#N)=Cc1ccc2cc(NCCN3CCOCC3)ccc2c1. The summed E-state index contributed by atoms with van der Waals surface area (Å²) in [6.45, 7) is 15.9. The molecule has 1 aliphatic heterocycles. The standard InChI is InChI=1S/C29H40N4O3/c1-28(2,3)36-15-10-29(4,5)32-27(34)25(21-30)19-22-6-7-24-20-26(9-8-23(24)18-22)31-11-12-33-13-16-35-17-14-33/h6-9,18-20,31H,10-17H2,1-5H3,(H,32,34). The van der Waals surface area contributed by atoms with E-state index in [1.165, 1.54) is 0 Å². The predicted octanol–water partition coefficient (Wildman–Crippen LogP) is 4.59. The molecule has 3 rings (SSSR count). The molecule has 2 aromatic carbocycles. The summed E-state index contributed by atoms with van der Waals surface area (Å²) in [5.41, 5.74) is 1.26. The number of hydrogen-bond acceptors (Lipinski definition) is 6. The van der Waals surface area contributed by atoms with Crippen LogP contribution in [0.15, 0.2) is 42.0 Å². The van der Waals surface area contributed by atoms with Gasteiger partial charge in [-0.05, 0) is 81.7 Å². The number of ether oxygens (including phenoxy) is 2. The minimum atomic E-state index is -0.493. The topological polar surface area (TPSA) is 86.6 Å². The normalized spacial score (nSPS) is 15.5. The van der Waals surface area contributed by atoms with Crippen LogP contribution in [0.2, 0.25) is 0 Å². The van der Waals surface area contributed by atoms with Crippen molar-refractivity contribution in [2.45, 2.75) is 52.2 Å². The third-order valence-electron chi connectivity index (χ3n) is 6.12. The van der Waals surface area contributed by atoms with Crippen LogP contribution in [0.5, 0.6) is 0 Å². The highest BCUT2D eigenvalue weighted by Crippen LogP contribution is 2.22. The van der Waals surface area contributed by atoms with Crippen LogP contribution in [0, 0.1) is 11.3 Å². The van der Waals surface area contributed by atoms with Gasteiger partial charge in [0.25, 0.3) is 5.91 Å². The van der Waals surface area contributed by atoms with Gasteiger partial charge < -0.3 is 20.1 Å². The van der Waals surface area contributed by atoms with Crippen molar-refractivity contribution in [3.63, 3.8) is 0 Å². The summed E-state index contributed by atoms with van der Waals surface area (Å²) in [6.07, 6.45) is 2.29. The van der Waals surface area contributed by atoms with Crippen molar-refractivity contribution in [3.05, 3.63) is 47.5 Å². The molecular formula is C29H40N4O3. The lowest BCUT2D eigenvalue weighted by Crippen LogP contribution is -2.45. The summed E-state index contributed by atoms with van der Waals surface area (Å²) < 4.78 is 11.2. The predicted molar refractivity (Wildman–Crippen MR) is 146 cm³/mol. The van der Waals surface area contributed by atoms with Crippen LogP contribution >= 0.6 is 0 Å². The number of anilines is 1. The van der Waals surface area contributed by atoms with Crippen molar-refractivity contribution in [1.29, 1.82) is 5.26 Å². The van der Waals surface area contributed by atoms with Crippen LogP contribution < -0.4 is 10.6 Å². The maximum atomic E-state index is 12.8.